The van der Waals surface area contributed by atoms with Gasteiger partial charge in [-0.25, -0.2) is 14.4 Å². The molecule has 3 aromatic rings. The van der Waals surface area contributed by atoms with Crippen LogP contribution >= 0.6 is 0 Å². The van der Waals surface area contributed by atoms with Gasteiger partial charge in [0.1, 0.15) is 11.6 Å². The zero-order valence-corrected chi connectivity index (χ0v) is 15.0. The normalized spacial score (nSPS) is 12.1. The fourth-order valence-electron chi connectivity index (χ4n) is 3.05. The molecule has 0 saturated heterocycles. The van der Waals surface area contributed by atoms with Crippen LogP contribution in [0, 0.1) is 12.7 Å². The third-order valence-electron chi connectivity index (χ3n) is 4.51. The predicted octanol–water partition coefficient (Wildman–Crippen LogP) is 4.28. The fraction of sp³-hybridized carbons (Fsp3) is 0.273. The number of nitrogens with one attached hydrogen (secondary N) is 1. The number of aryl methyl sites for hydroxylation is 1. The number of benzene rings is 2. The maximum Gasteiger partial charge on any atom is 0.129 e. The van der Waals surface area contributed by atoms with Crippen LogP contribution in [-0.4, -0.2) is 23.1 Å². The molecule has 0 aliphatic heterocycles. The minimum Gasteiger partial charge on any atom is -0.316 e. The lowest BCUT2D eigenvalue weighted by Crippen LogP contribution is -2.21. The molecule has 1 atom stereocenters. The highest BCUT2D eigenvalue weighted by Crippen LogP contribution is 2.28. The Bertz CT molecular complexity index is 740. The van der Waals surface area contributed by atoms with E-state index in [1.165, 1.54) is 23.3 Å². The zero-order chi connectivity index (χ0) is 18.2. The van der Waals surface area contributed by atoms with Gasteiger partial charge in [-0.05, 0) is 49.2 Å². The van der Waals surface area contributed by atoms with Gasteiger partial charge in [0.05, 0.1) is 0 Å². The molecule has 1 heterocycles. The zero-order valence-electron chi connectivity index (χ0n) is 15.0. The summed E-state index contributed by atoms with van der Waals surface area (Å²) in [5, 5.41) is 3.47. The second kappa shape index (κ2) is 9.20. The number of halogens is 1. The molecular weight excluding hydrogens is 325 g/mol. The van der Waals surface area contributed by atoms with Crippen LogP contribution < -0.4 is 5.32 Å². The molecule has 0 fully saturated rings. The molecule has 2 aromatic carbocycles. The first-order valence-electron chi connectivity index (χ1n) is 9.01. The molecule has 134 valence electrons. The van der Waals surface area contributed by atoms with Crippen molar-refractivity contribution in [2.75, 3.05) is 13.1 Å². The van der Waals surface area contributed by atoms with Gasteiger partial charge in [-0.1, -0.05) is 42.0 Å². The van der Waals surface area contributed by atoms with E-state index < -0.39 is 0 Å². The summed E-state index contributed by atoms with van der Waals surface area (Å²) in [7, 11) is 0. The van der Waals surface area contributed by atoms with Gasteiger partial charge >= 0.3 is 0 Å². The highest BCUT2D eigenvalue weighted by molar-refractivity contribution is 5.34. The topological polar surface area (TPSA) is 37.8 Å². The van der Waals surface area contributed by atoms with Crippen LogP contribution in [0.2, 0.25) is 0 Å². The van der Waals surface area contributed by atoms with E-state index in [-0.39, 0.29) is 11.7 Å². The van der Waals surface area contributed by atoms with Gasteiger partial charge in [0.2, 0.25) is 0 Å². The molecule has 0 bridgehead atoms. The average molecular weight is 349 g/mol. The van der Waals surface area contributed by atoms with E-state index in [1.807, 2.05) is 18.2 Å². The van der Waals surface area contributed by atoms with Crippen molar-refractivity contribution in [2.24, 2.45) is 0 Å². The van der Waals surface area contributed by atoms with Crippen molar-refractivity contribution in [3.05, 3.63) is 95.3 Å². The first kappa shape index (κ1) is 18.2. The Morgan fingerprint density at radius 1 is 0.885 bits per heavy atom. The Labute approximate surface area is 154 Å². The SMILES string of the molecule is Cc1ccc(C(CCNCCc2ncccn2)c2ccc(F)cc2)cc1. The number of hydrogen-bond donors (Lipinski definition) is 1. The number of aromatic nitrogens is 2. The second-order valence-corrected chi connectivity index (χ2v) is 6.47. The molecule has 1 aromatic heterocycles. The Morgan fingerprint density at radius 3 is 2.15 bits per heavy atom. The third kappa shape index (κ3) is 5.20. The van der Waals surface area contributed by atoms with Crippen molar-refractivity contribution in [2.45, 2.75) is 25.7 Å². The third-order valence-corrected chi connectivity index (χ3v) is 4.51. The van der Waals surface area contributed by atoms with Gasteiger partial charge in [0.25, 0.3) is 0 Å². The van der Waals surface area contributed by atoms with Gasteiger partial charge in [-0.3, -0.25) is 0 Å². The Hall–Kier alpha value is -2.59. The number of rotatable bonds is 8. The van der Waals surface area contributed by atoms with Crippen LogP contribution in [0.4, 0.5) is 4.39 Å². The van der Waals surface area contributed by atoms with Crippen LogP contribution in [0.15, 0.2) is 67.0 Å². The summed E-state index contributed by atoms with van der Waals surface area (Å²) in [5.41, 5.74) is 3.64. The van der Waals surface area contributed by atoms with E-state index in [4.69, 9.17) is 0 Å². The van der Waals surface area contributed by atoms with Crippen molar-refractivity contribution < 1.29 is 4.39 Å². The van der Waals surface area contributed by atoms with Gasteiger partial charge < -0.3 is 5.32 Å². The summed E-state index contributed by atoms with van der Waals surface area (Å²) in [6, 6.07) is 17.3. The van der Waals surface area contributed by atoms with E-state index >= 15 is 0 Å². The molecule has 0 spiro atoms. The molecule has 0 aliphatic rings. The maximum absolute atomic E-state index is 13.3. The molecule has 4 heteroatoms. The molecule has 3 nitrogen and oxygen atoms in total. The summed E-state index contributed by atoms with van der Waals surface area (Å²) in [6.45, 7) is 3.81. The molecule has 0 amide bonds. The molecular formula is C22H24FN3. The highest BCUT2D eigenvalue weighted by Gasteiger charge is 2.14. The molecule has 0 aliphatic carbocycles. The van der Waals surface area contributed by atoms with Crippen LogP contribution in [0.3, 0.4) is 0 Å². The lowest BCUT2D eigenvalue weighted by molar-refractivity contribution is 0.601. The van der Waals surface area contributed by atoms with Crippen molar-refractivity contribution in [1.82, 2.24) is 15.3 Å². The quantitative estimate of drug-likeness (QED) is 0.617. The van der Waals surface area contributed by atoms with Crippen LogP contribution in [-0.2, 0) is 6.42 Å². The minimum absolute atomic E-state index is 0.197. The lowest BCUT2D eigenvalue weighted by Gasteiger charge is -2.19. The Kier molecular flexibility index (Phi) is 6.45. The fourth-order valence-corrected chi connectivity index (χ4v) is 3.05. The van der Waals surface area contributed by atoms with Crippen molar-refractivity contribution in [1.29, 1.82) is 0 Å². The van der Waals surface area contributed by atoms with Crippen molar-refractivity contribution in [3.8, 4) is 0 Å². The molecule has 0 radical (unpaired) electrons. The largest absolute Gasteiger partial charge is 0.316 e. The maximum atomic E-state index is 13.3. The Balaban J connectivity index is 1.60. The highest BCUT2D eigenvalue weighted by atomic mass is 19.1. The number of hydrogen-bond acceptors (Lipinski definition) is 3. The Morgan fingerprint density at radius 2 is 1.50 bits per heavy atom. The predicted molar refractivity (Wildman–Crippen MR) is 103 cm³/mol. The van der Waals surface area contributed by atoms with E-state index in [9.17, 15) is 4.39 Å². The second-order valence-electron chi connectivity index (χ2n) is 6.47. The van der Waals surface area contributed by atoms with Crippen LogP contribution in [0.5, 0.6) is 0 Å². The smallest absolute Gasteiger partial charge is 0.129 e. The van der Waals surface area contributed by atoms with Crippen LogP contribution in [0.25, 0.3) is 0 Å². The van der Waals surface area contributed by atoms with E-state index in [1.54, 1.807) is 12.4 Å². The summed E-state index contributed by atoms with van der Waals surface area (Å²) in [5.74, 6) is 0.905. The first-order valence-corrected chi connectivity index (χ1v) is 9.01. The van der Waals surface area contributed by atoms with Crippen molar-refractivity contribution >= 4 is 0 Å². The van der Waals surface area contributed by atoms with E-state index in [2.05, 4.69) is 46.5 Å². The van der Waals surface area contributed by atoms with Crippen molar-refractivity contribution in [3.63, 3.8) is 0 Å². The summed E-state index contributed by atoms with van der Waals surface area (Å²) in [6.07, 6.45) is 5.30. The van der Waals surface area contributed by atoms with E-state index in [0.29, 0.717) is 0 Å². The minimum atomic E-state index is -0.197. The lowest BCUT2D eigenvalue weighted by atomic mass is 9.88. The summed E-state index contributed by atoms with van der Waals surface area (Å²) in [4.78, 5) is 8.47. The monoisotopic (exact) mass is 349 g/mol. The summed E-state index contributed by atoms with van der Waals surface area (Å²) < 4.78 is 13.3. The molecule has 3 rings (SSSR count). The van der Waals surface area contributed by atoms with Crippen LogP contribution in [0.1, 0.15) is 34.9 Å². The molecule has 1 N–H and O–H groups in total. The molecule has 0 saturated carbocycles. The first-order chi connectivity index (χ1) is 12.7. The van der Waals surface area contributed by atoms with Gasteiger partial charge in [-0.2, -0.15) is 0 Å². The average Bonchev–Trinajstić information content (AvgIpc) is 2.67. The standard InChI is InChI=1S/C22H24FN3/c1-17-3-5-18(6-4-17)21(19-7-9-20(23)10-8-19)11-15-24-16-12-22-25-13-2-14-26-22/h2-10,13-14,21,24H,11-12,15-16H2,1H3. The molecule has 26 heavy (non-hydrogen) atoms. The van der Waals surface area contributed by atoms with Gasteiger partial charge in [0, 0.05) is 31.3 Å². The van der Waals surface area contributed by atoms with Gasteiger partial charge in [-0.15, -0.1) is 0 Å². The van der Waals surface area contributed by atoms with E-state index in [0.717, 1.165) is 37.3 Å². The number of nitrogens with zero attached hydrogens (tertiary/aromatic N) is 2. The summed E-state index contributed by atoms with van der Waals surface area (Å²) >= 11 is 0. The molecule has 1 unspecified atom stereocenters. The van der Waals surface area contributed by atoms with Gasteiger partial charge in [0.15, 0.2) is 0 Å².